The van der Waals surface area contributed by atoms with Crippen molar-refractivity contribution >= 4 is 50.7 Å². The summed E-state index contributed by atoms with van der Waals surface area (Å²) in [6, 6.07) is 5.27. The second-order valence-corrected chi connectivity index (χ2v) is 20.8. The molecular formula is C47H60N4O11S2. The summed E-state index contributed by atoms with van der Waals surface area (Å²) in [5.41, 5.74) is 7.09. The standard InChI is InChI=1S/C47H60N4O11S2/c1-4-26(7-9-53)45(59)62-46(2)33(23-56)13-32-24-63-64-38-14-31(22-55)42(49-3)35-20-51(43(35)38)40(57)15-30-19-50-39(48)16-34(30)41(32)47(46)18-29-12-27-11-28(10-25(21-54)6-5-8-52)44(58)60-36(27)17-37(29)61-47/h4,11-13,16-17,22,25,31,33,35,38,41-43,49-50,52-54,56H,5-10,14-15,18-21,23-24,48H2,1-3H3/b26-4+/t25-,31-,33-,35-,38-,41+,42+,43-,46-,47-/m1/s1. The van der Waals surface area contributed by atoms with Crippen molar-refractivity contribution in [1.82, 2.24) is 15.5 Å². The lowest BCUT2D eigenvalue weighted by molar-refractivity contribution is -0.202. The van der Waals surface area contributed by atoms with E-state index < -0.39 is 41.2 Å². The quantitative estimate of drug-likeness (QED) is 0.0382. The van der Waals surface area contributed by atoms with Crippen LogP contribution in [0.2, 0.25) is 0 Å². The number of amides is 1. The molecule has 17 heteroatoms. The number of hydrogen-bond donors (Lipinski definition) is 7. The van der Waals surface area contributed by atoms with Gasteiger partial charge in [-0.15, -0.1) is 0 Å². The molecule has 1 aromatic carbocycles. The Hall–Kier alpha value is -4.10. The molecule has 0 radical (unpaired) electrons. The average Bonchev–Trinajstić information content (AvgIpc) is 3.64. The minimum Gasteiger partial charge on any atom is -0.481 e. The molecule has 8 rings (SSSR count). The van der Waals surface area contributed by atoms with E-state index in [4.69, 9.17) is 19.6 Å². The Morgan fingerprint density at radius 2 is 2.00 bits per heavy atom. The smallest absolute Gasteiger partial charge is 0.339 e. The maximum absolute atomic E-state index is 14.6. The molecule has 4 aliphatic heterocycles. The van der Waals surface area contributed by atoms with E-state index in [0.29, 0.717) is 54.1 Å². The zero-order valence-corrected chi connectivity index (χ0v) is 38.2. The number of benzene rings is 1. The third-order valence-electron chi connectivity index (χ3n) is 14.7. The fourth-order valence-corrected chi connectivity index (χ4v) is 14.5. The van der Waals surface area contributed by atoms with Crippen LogP contribution in [0.4, 0.5) is 0 Å². The number of carbonyl (C=O) groups is 3. The van der Waals surface area contributed by atoms with Gasteiger partial charge in [0.25, 0.3) is 0 Å². The zero-order valence-electron chi connectivity index (χ0n) is 36.5. The molecule has 2 aliphatic carbocycles. The van der Waals surface area contributed by atoms with Crippen LogP contribution in [0.25, 0.3) is 11.0 Å². The fourth-order valence-electron chi connectivity index (χ4n) is 11.4. The summed E-state index contributed by atoms with van der Waals surface area (Å²) >= 11 is 0. The maximum atomic E-state index is 14.6. The van der Waals surface area contributed by atoms with Gasteiger partial charge in [-0.2, -0.15) is 0 Å². The molecule has 0 bridgehead atoms. The van der Waals surface area contributed by atoms with Gasteiger partial charge in [-0.3, -0.25) is 4.79 Å². The van der Waals surface area contributed by atoms with Gasteiger partial charge < -0.3 is 60.4 Å². The van der Waals surface area contributed by atoms with Crippen LogP contribution in [0.3, 0.4) is 0 Å². The predicted molar refractivity (Wildman–Crippen MR) is 244 cm³/mol. The normalized spacial score (nSPS) is 31.7. The van der Waals surface area contributed by atoms with E-state index in [1.165, 1.54) is 0 Å². The molecule has 0 unspecified atom stereocenters. The van der Waals surface area contributed by atoms with Crippen LogP contribution < -0.4 is 26.7 Å². The highest BCUT2D eigenvalue weighted by Gasteiger charge is 2.67. The van der Waals surface area contributed by atoms with Crippen molar-refractivity contribution in [2.45, 2.75) is 87.3 Å². The molecule has 8 N–H and O–H groups in total. The van der Waals surface area contributed by atoms with Crippen LogP contribution in [0.5, 0.6) is 5.75 Å². The Bertz CT molecular complexity index is 2350. The number of hydrogen-bond acceptors (Lipinski definition) is 16. The van der Waals surface area contributed by atoms with Gasteiger partial charge in [0.2, 0.25) is 5.91 Å². The Balaban J connectivity index is 1.29. The molecule has 1 spiro atoms. The third-order valence-corrected chi connectivity index (χ3v) is 17.5. The van der Waals surface area contributed by atoms with Crippen molar-refractivity contribution in [2.75, 3.05) is 52.3 Å². The number of nitrogens with two attached hydrogens (primary N) is 1. The number of dihydropyridines is 1. The van der Waals surface area contributed by atoms with Gasteiger partial charge in [0, 0.05) is 103 Å². The first-order chi connectivity index (χ1) is 30.9. The topological polar surface area (TPSA) is 234 Å². The second kappa shape index (κ2) is 19.0. The lowest BCUT2D eigenvalue weighted by Gasteiger charge is -2.59. The average molecular weight is 921 g/mol. The number of rotatable bonds is 13. The summed E-state index contributed by atoms with van der Waals surface area (Å²) in [7, 11) is 5.18. The molecule has 10 atom stereocenters. The first-order valence-electron chi connectivity index (χ1n) is 22.3. The van der Waals surface area contributed by atoms with Crippen LogP contribution >= 0.6 is 21.6 Å². The lowest BCUT2D eigenvalue weighted by Crippen LogP contribution is -2.71. The molecule has 1 amide bonds. The van der Waals surface area contributed by atoms with Gasteiger partial charge in [-0.1, -0.05) is 39.3 Å². The van der Waals surface area contributed by atoms with Crippen molar-refractivity contribution in [2.24, 2.45) is 35.3 Å². The van der Waals surface area contributed by atoms with Crippen LogP contribution in [0.1, 0.15) is 57.1 Å². The zero-order chi connectivity index (χ0) is 45.5. The van der Waals surface area contributed by atoms with E-state index in [2.05, 4.69) is 10.6 Å². The number of aliphatic hydroxyl groups excluding tert-OH is 4. The summed E-state index contributed by atoms with van der Waals surface area (Å²) in [5.74, 6) is -1.25. The highest BCUT2D eigenvalue weighted by Crippen LogP contribution is 2.59. The van der Waals surface area contributed by atoms with E-state index in [-0.39, 0.29) is 104 Å². The number of fused-ring (bicyclic) bond motifs is 5. The third kappa shape index (κ3) is 8.12. The molecule has 5 heterocycles. The predicted octanol–water partition coefficient (Wildman–Crippen LogP) is 2.67. The largest absolute Gasteiger partial charge is 0.481 e. The number of aliphatic hydroxyl groups is 4. The molecule has 15 nitrogen and oxygen atoms in total. The SMILES string of the molecule is C/C=C(\CCO)C(=O)O[C@]1(C)[C@@H](CO)C=C2CSS[C@@H]3C[C@H](C=O)[C@H](NC)[C@H]4CN(C(=O)CC5=C(C=C(N)NC5)[C@H]2[C@]12Cc1cc5cc(C[C@H](CO)CCCO)c(=O)oc5cc1O2)[C@H]43. The van der Waals surface area contributed by atoms with Crippen LogP contribution in [0.15, 0.2) is 73.8 Å². The Labute approximate surface area is 380 Å². The lowest BCUT2D eigenvalue weighted by atomic mass is 9.57. The molecule has 2 fully saturated rings. The Kier molecular flexibility index (Phi) is 13.8. The summed E-state index contributed by atoms with van der Waals surface area (Å²) in [4.78, 5) is 56.7. The van der Waals surface area contributed by atoms with Gasteiger partial charge >= 0.3 is 11.6 Å². The van der Waals surface area contributed by atoms with Gasteiger partial charge in [0.05, 0.1) is 30.8 Å². The number of aldehydes is 1. The van der Waals surface area contributed by atoms with E-state index in [1.54, 1.807) is 53.6 Å². The van der Waals surface area contributed by atoms with Crippen LogP contribution in [-0.2, 0) is 32.0 Å². The van der Waals surface area contributed by atoms with Crippen molar-refractivity contribution in [3.8, 4) is 5.75 Å². The number of carbonyl (C=O) groups excluding carboxylic acids is 3. The molecule has 64 heavy (non-hydrogen) atoms. The van der Waals surface area contributed by atoms with Crippen LogP contribution in [-0.4, -0.2) is 124 Å². The molecule has 2 aromatic rings. The summed E-state index contributed by atoms with van der Waals surface area (Å²) in [6.45, 7) is 3.41. The first kappa shape index (κ1) is 46.4. The Morgan fingerprint density at radius 3 is 2.70 bits per heavy atom. The van der Waals surface area contributed by atoms with Crippen molar-refractivity contribution in [1.29, 1.82) is 0 Å². The minimum atomic E-state index is -1.59. The van der Waals surface area contributed by atoms with Gasteiger partial charge in [-0.05, 0) is 87.4 Å². The molecule has 1 saturated heterocycles. The highest BCUT2D eigenvalue weighted by atomic mass is 33.1. The summed E-state index contributed by atoms with van der Waals surface area (Å²) < 4.78 is 19.9. The molecule has 346 valence electrons. The van der Waals surface area contributed by atoms with Gasteiger partial charge in [-0.25, -0.2) is 9.59 Å². The van der Waals surface area contributed by atoms with Crippen molar-refractivity contribution in [3.05, 3.63) is 86.1 Å². The fraction of sp³-hybridized carbons (Fsp3) is 0.574. The van der Waals surface area contributed by atoms with E-state index in [0.717, 1.165) is 28.6 Å². The summed E-state index contributed by atoms with van der Waals surface area (Å²) in [5, 5.41) is 48.0. The molecule has 1 saturated carbocycles. The molecule has 1 aromatic heterocycles. The number of esters is 1. The van der Waals surface area contributed by atoms with Gasteiger partial charge in [0.15, 0.2) is 11.2 Å². The minimum absolute atomic E-state index is 0.0102. The maximum Gasteiger partial charge on any atom is 0.339 e. The van der Waals surface area contributed by atoms with E-state index in [9.17, 15) is 39.6 Å². The van der Waals surface area contributed by atoms with Gasteiger partial charge in [0.1, 0.15) is 17.6 Å². The number of nitrogens with zero attached hydrogens (tertiary/aromatic N) is 1. The monoisotopic (exact) mass is 920 g/mol. The van der Waals surface area contributed by atoms with E-state index >= 15 is 0 Å². The van der Waals surface area contributed by atoms with Crippen LogP contribution in [0, 0.1) is 29.6 Å². The highest BCUT2D eigenvalue weighted by molar-refractivity contribution is 8.77. The number of allylic oxidation sites excluding steroid dienone is 2. The second-order valence-electron chi connectivity index (χ2n) is 18.2. The Morgan fingerprint density at radius 1 is 1.19 bits per heavy atom. The number of nitrogens with one attached hydrogen (secondary N) is 2. The van der Waals surface area contributed by atoms with Crippen molar-refractivity contribution < 1.29 is 48.7 Å². The molecular weight excluding hydrogens is 861 g/mol. The molecule has 6 aliphatic rings. The number of ether oxygens (including phenoxy) is 2. The van der Waals surface area contributed by atoms with E-state index in [1.807, 2.05) is 30.2 Å². The first-order valence-corrected chi connectivity index (χ1v) is 24.7. The summed E-state index contributed by atoms with van der Waals surface area (Å²) in [6.07, 6.45) is 8.66. The van der Waals surface area contributed by atoms with Crippen molar-refractivity contribution in [3.63, 3.8) is 0 Å².